The molecule has 0 bridgehead atoms. The van der Waals surface area contributed by atoms with E-state index in [1.165, 1.54) is 6.92 Å². The van der Waals surface area contributed by atoms with Crippen LogP contribution in [0, 0.1) is 5.92 Å². The zero-order valence-electron chi connectivity index (χ0n) is 13.6. The Morgan fingerprint density at radius 3 is 2.19 bits per heavy atom. The van der Waals surface area contributed by atoms with Crippen LogP contribution in [0.3, 0.4) is 0 Å². The Morgan fingerprint density at radius 1 is 1.19 bits per heavy atom. The molecule has 0 aromatic rings. The van der Waals surface area contributed by atoms with E-state index in [0.29, 0.717) is 12.3 Å². The topological polar surface area (TPSA) is 84.5 Å². The molecule has 0 saturated carbocycles. The van der Waals surface area contributed by atoms with Gasteiger partial charge in [0.2, 0.25) is 11.0 Å². The summed E-state index contributed by atoms with van der Waals surface area (Å²) in [6, 6.07) is -0.609. The molecule has 7 heteroatoms. The van der Waals surface area contributed by atoms with Crippen LogP contribution < -0.4 is 10.6 Å². The van der Waals surface area contributed by atoms with Crippen LogP contribution in [-0.4, -0.2) is 41.1 Å². The number of hydrogen-bond acceptors (Lipinski definition) is 5. The second-order valence-electron chi connectivity index (χ2n) is 6.02. The molecule has 0 aliphatic carbocycles. The van der Waals surface area contributed by atoms with Gasteiger partial charge in [0.1, 0.15) is 11.6 Å². The van der Waals surface area contributed by atoms with E-state index in [-0.39, 0.29) is 16.9 Å². The van der Waals surface area contributed by atoms with Gasteiger partial charge >= 0.3 is 6.09 Å². The average molecular weight is 318 g/mol. The van der Waals surface area contributed by atoms with Gasteiger partial charge in [-0.15, -0.1) is 0 Å². The van der Waals surface area contributed by atoms with Crippen molar-refractivity contribution in [2.24, 2.45) is 5.92 Å². The minimum atomic E-state index is -0.609. The zero-order chi connectivity index (χ0) is 16.6. The van der Waals surface area contributed by atoms with Crippen molar-refractivity contribution in [1.82, 2.24) is 10.6 Å². The molecule has 0 fully saturated rings. The summed E-state index contributed by atoms with van der Waals surface area (Å²) >= 11 is 1.09. The monoisotopic (exact) mass is 318 g/mol. The van der Waals surface area contributed by atoms with Gasteiger partial charge in [-0.05, 0) is 26.7 Å². The van der Waals surface area contributed by atoms with Crippen molar-refractivity contribution >= 4 is 28.9 Å². The quantitative estimate of drug-likeness (QED) is 0.731. The first kappa shape index (κ1) is 19.8. The summed E-state index contributed by atoms with van der Waals surface area (Å²) < 4.78 is 5.16. The number of carbonyl (C=O) groups is 3. The lowest BCUT2D eigenvalue weighted by Gasteiger charge is -2.24. The van der Waals surface area contributed by atoms with Gasteiger partial charge in [-0.25, -0.2) is 4.79 Å². The van der Waals surface area contributed by atoms with Crippen LogP contribution >= 0.6 is 11.8 Å². The number of hydrogen-bond donors (Lipinski definition) is 2. The van der Waals surface area contributed by atoms with E-state index in [1.807, 2.05) is 13.8 Å². The van der Waals surface area contributed by atoms with Crippen LogP contribution in [0.2, 0.25) is 0 Å². The third-order valence-electron chi connectivity index (χ3n) is 2.31. The van der Waals surface area contributed by atoms with Gasteiger partial charge in [-0.2, -0.15) is 0 Å². The van der Waals surface area contributed by atoms with Gasteiger partial charge in [0.05, 0.1) is 0 Å². The van der Waals surface area contributed by atoms with Crippen LogP contribution in [0.1, 0.15) is 41.5 Å². The van der Waals surface area contributed by atoms with Gasteiger partial charge in [0.25, 0.3) is 0 Å². The van der Waals surface area contributed by atoms with Crippen molar-refractivity contribution in [2.45, 2.75) is 53.2 Å². The molecule has 2 amide bonds. The number of ether oxygens (including phenoxy) is 1. The van der Waals surface area contributed by atoms with Crippen LogP contribution in [0.15, 0.2) is 0 Å². The van der Waals surface area contributed by atoms with Crippen molar-refractivity contribution in [2.75, 3.05) is 12.3 Å². The Bertz CT molecular complexity index is 378. The highest BCUT2D eigenvalue weighted by molar-refractivity contribution is 8.13. The maximum absolute atomic E-state index is 12.1. The second kappa shape index (κ2) is 8.92. The van der Waals surface area contributed by atoms with E-state index in [1.54, 1.807) is 20.8 Å². The Kier molecular flexibility index (Phi) is 8.39. The SMILES string of the molecule is CC(=O)NCCSC(=O)C(NC(=O)OC(C)(C)C)C(C)C. The molecular weight excluding hydrogens is 292 g/mol. The fraction of sp³-hybridized carbons (Fsp3) is 0.786. The van der Waals surface area contributed by atoms with E-state index >= 15 is 0 Å². The Morgan fingerprint density at radius 2 is 1.76 bits per heavy atom. The molecule has 0 radical (unpaired) electrons. The standard InChI is InChI=1S/C14H26N2O4S/c1-9(2)11(16-13(19)20-14(4,5)6)12(18)21-8-7-15-10(3)17/h9,11H,7-8H2,1-6H3,(H,15,17)(H,16,19). The fourth-order valence-corrected chi connectivity index (χ4v) is 2.32. The maximum Gasteiger partial charge on any atom is 0.408 e. The molecule has 0 aliphatic heterocycles. The minimum absolute atomic E-state index is 0.0433. The lowest BCUT2D eigenvalue weighted by molar-refractivity contribution is -0.119. The molecular formula is C14H26N2O4S. The number of carbonyl (C=O) groups excluding carboxylic acids is 3. The average Bonchev–Trinajstić information content (AvgIpc) is 2.28. The number of rotatable bonds is 6. The Labute approximate surface area is 130 Å². The molecule has 0 aliphatic rings. The highest BCUT2D eigenvalue weighted by atomic mass is 32.2. The zero-order valence-corrected chi connectivity index (χ0v) is 14.4. The van der Waals surface area contributed by atoms with Crippen LogP contribution in [-0.2, 0) is 14.3 Å². The van der Waals surface area contributed by atoms with Gasteiger partial charge in [0.15, 0.2) is 0 Å². The summed E-state index contributed by atoms with van der Waals surface area (Å²) in [6.45, 7) is 10.8. The second-order valence-corrected chi connectivity index (χ2v) is 7.12. The number of nitrogens with one attached hydrogen (secondary N) is 2. The highest BCUT2D eigenvalue weighted by Crippen LogP contribution is 2.14. The molecule has 21 heavy (non-hydrogen) atoms. The number of amides is 2. The fourth-order valence-electron chi connectivity index (χ4n) is 1.40. The molecule has 0 aromatic heterocycles. The normalized spacial score (nSPS) is 12.7. The summed E-state index contributed by atoms with van der Waals surface area (Å²) in [6.07, 6.45) is -0.600. The lowest BCUT2D eigenvalue weighted by atomic mass is 10.1. The van der Waals surface area contributed by atoms with Gasteiger partial charge in [-0.1, -0.05) is 25.6 Å². The molecule has 1 atom stereocenters. The molecule has 122 valence electrons. The van der Waals surface area contributed by atoms with Crippen molar-refractivity contribution in [3.8, 4) is 0 Å². The third-order valence-corrected chi connectivity index (χ3v) is 3.26. The molecule has 2 N–H and O–H groups in total. The summed E-state index contributed by atoms with van der Waals surface area (Å²) in [4.78, 5) is 34.6. The molecule has 6 nitrogen and oxygen atoms in total. The largest absolute Gasteiger partial charge is 0.444 e. The first-order valence-corrected chi connectivity index (χ1v) is 7.92. The predicted octanol–water partition coefficient (Wildman–Crippen LogP) is 1.93. The van der Waals surface area contributed by atoms with Crippen LogP contribution in [0.25, 0.3) is 0 Å². The van der Waals surface area contributed by atoms with E-state index < -0.39 is 17.7 Å². The van der Waals surface area contributed by atoms with Crippen LogP contribution in [0.5, 0.6) is 0 Å². The van der Waals surface area contributed by atoms with Crippen molar-refractivity contribution < 1.29 is 19.1 Å². The molecule has 0 spiro atoms. The summed E-state index contributed by atoms with van der Waals surface area (Å²) in [7, 11) is 0. The van der Waals surface area contributed by atoms with Gasteiger partial charge in [-0.3, -0.25) is 9.59 Å². The molecule has 0 saturated heterocycles. The molecule has 0 heterocycles. The minimum Gasteiger partial charge on any atom is -0.444 e. The Hall–Kier alpha value is -1.24. The van der Waals surface area contributed by atoms with E-state index in [4.69, 9.17) is 4.74 Å². The predicted molar refractivity (Wildman–Crippen MR) is 84.1 cm³/mol. The first-order chi connectivity index (χ1) is 9.53. The number of alkyl carbamates (subject to hydrolysis) is 1. The van der Waals surface area contributed by atoms with Crippen molar-refractivity contribution in [1.29, 1.82) is 0 Å². The van der Waals surface area contributed by atoms with E-state index in [0.717, 1.165) is 11.8 Å². The lowest BCUT2D eigenvalue weighted by Crippen LogP contribution is -2.45. The maximum atomic E-state index is 12.1. The number of thioether (sulfide) groups is 1. The van der Waals surface area contributed by atoms with E-state index in [9.17, 15) is 14.4 Å². The van der Waals surface area contributed by atoms with E-state index in [2.05, 4.69) is 10.6 Å². The van der Waals surface area contributed by atoms with Crippen molar-refractivity contribution in [3.63, 3.8) is 0 Å². The molecule has 0 aromatic carbocycles. The molecule has 1 unspecified atom stereocenters. The Balaban J connectivity index is 4.37. The summed E-state index contributed by atoms with van der Waals surface area (Å²) in [5.41, 5.74) is -0.604. The van der Waals surface area contributed by atoms with Crippen LogP contribution in [0.4, 0.5) is 4.79 Å². The highest BCUT2D eigenvalue weighted by Gasteiger charge is 2.26. The summed E-state index contributed by atoms with van der Waals surface area (Å²) in [5.74, 6) is 0.297. The molecule has 0 rings (SSSR count). The summed E-state index contributed by atoms with van der Waals surface area (Å²) in [5, 5.41) is 5.08. The van der Waals surface area contributed by atoms with Gasteiger partial charge < -0.3 is 15.4 Å². The first-order valence-electron chi connectivity index (χ1n) is 6.93. The third kappa shape index (κ3) is 10.2. The smallest absolute Gasteiger partial charge is 0.408 e. The van der Waals surface area contributed by atoms with Crippen molar-refractivity contribution in [3.05, 3.63) is 0 Å². The van der Waals surface area contributed by atoms with Gasteiger partial charge in [0, 0.05) is 19.2 Å².